The van der Waals surface area contributed by atoms with E-state index in [0.717, 1.165) is 11.3 Å². The SMILES string of the molecule is C[C@H](NC(=O)OC(C)(C)C)c1ccc(N2CCN(C(=O)CCOCC(=O)O)CC2)cc1. The fourth-order valence-electron chi connectivity index (χ4n) is 3.23. The summed E-state index contributed by atoms with van der Waals surface area (Å²) in [5.41, 5.74) is 1.50. The molecule has 9 nitrogen and oxygen atoms in total. The van der Waals surface area contributed by atoms with E-state index in [1.165, 1.54) is 0 Å². The van der Waals surface area contributed by atoms with Crippen molar-refractivity contribution in [3.63, 3.8) is 0 Å². The molecule has 1 aromatic carbocycles. The number of rotatable bonds is 8. The largest absolute Gasteiger partial charge is 0.480 e. The molecule has 2 amide bonds. The van der Waals surface area contributed by atoms with Crippen LogP contribution in [0.5, 0.6) is 0 Å². The van der Waals surface area contributed by atoms with Crippen LogP contribution >= 0.6 is 0 Å². The van der Waals surface area contributed by atoms with E-state index >= 15 is 0 Å². The van der Waals surface area contributed by atoms with Crippen LogP contribution in [0.25, 0.3) is 0 Å². The van der Waals surface area contributed by atoms with E-state index in [1.807, 2.05) is 52.0 Å². The van der Waals surface area contributed by atoms with E-state index in [0.29, 0.717) is 26.2 Å². The molecule has 1 saturated heterocycles. The van der Waals surface area contributed by atoms with Gasteiger partial charge in [0.2, 0.25) is 5.91 Å². The summed E-state index contributed by atoms with van der Waals surface area (Å²) < 4.78 is 10.2. The number of alkyl carbamates (subject to hydrolysis) is 1. The van der Waals surface area contributed by atoms with Crippen LogP contribution in [-0.4, -0.2) is 73.0 Å². The molecular formula is C22H33N3O6. The zero-order valence-electron chi connectivity index (χ0n) is 18.7. The number of nitrogens with zero attached hydrogens (tertiary/aromatic N) is 2. The van der Waals surface area contributed by atoms with Gasteiger partial charge in [-0.15, -0.1) is 0 Å². The lowest BCUT2D eigenvalue weighted by molar-refractivity contribution is -0.143. The van der Waals surface area contributed by atoms with E-state index in [1.54, 1.807) is 4.90 Å². The normalized spacial score (nSPS) is 15.4. The van der Waals surface area contributed by atoms with Gasteiger partial charge in [-0.1, -0.05) is 12.1 Å². The number of nitrogens with one attached hydrogen (secondary N) is 1. The fraction of sp³-hybridized carbons (Fsp3) is 0.591. The van der Waals surface area contributed by atoms with Crippen molar-refractivity contribution < 1.29 is 29.0 Å². The van der Waals surface area contributed by atoms with Crippen LogP contribution in [0.15, 0.2) is 24.3 Å². The number of carbonyl (C=O) groups is 3. The Morgan fingerprint density at radius 2 is 1.71 bits per heavy atom. The minimum atomic E-state index is -1.04. The lowest BCUT2D eigenvalue weighted by atomic mass is 10.1. The molecule has 9 heteroatoms. The van der Waals surface area contributed by atoms with Crippen molar-refractivity contribution in [3.8, 4) is 0 Å². The number of piperazine rings is 1. The molecule has 1 fully saturated rings. The first-order valence-electron chi connectivity index (χ1n) is 10.5. The second-order valence-corrected chi connectivity index (χ2v) is 8.52. The third-order valence-corrected chi connectivity index (χ3v) is 4.81. The topological polar surface area (TPSA) is 108 Å². The van der Waals surface area contributed by atoms with E-state index in [9.17, 15) is 14.4 Å². The quantitative estimate of drug-likeness (QED) is 0.604. The molecule has 1 aliphatic rings. The molecule has 0 radical (unpaired) electrons. The van der Waals surface area contributed by atoms with Crippen LogP contribution in [-0.2, 0) is 19.1 Å². The number of hydrogen-bond acceptors (Lipinski definition) is 6. The summed E-state index contributed by atoms with van der Waals surface area (Å²) in [7, 11) is 0. The summed E-state index contributed by atoms with van der Waals surface area (Å²) in [6, 6.07) is 7.81. The van der Waals surface area contributed by atoms with Crippen molar-refractivity contribution in [3.05, 3.63) is 29.8 Å². The van der Waals surface area contributed by atoms with Gasteiger partial charge in [-0.25, -0.2) is 9.59 Å². The van der Waals surface area contributed by atoms with Gasteiger partial charge in [-0.05, 0) is 45.4 Å². The first-order chi connectivity index (χ1) is 14.5. The Hall–Kier alpha value is -2.81. The van der Waals surface area contributed by atoms with Crippen LogP contribution in [0.3, 0.4) is 0 Å². The first-order valence-corrected chi connectivity index (χ1v) is 10.5. The zero-order valence-corrected chi connectivity index (χ0v) is 18.7. The molecular weight excluding hydrogens is 402 g/mol. The molecule has 0 saturated carbocycles. The fourth-order valence-corrected chi connectivity index (χ4v) is 3.23. The lowest BCUT2D eigenvalue weighted by Crippen LogP contribution is -2.49. The smallest absolute Gasteiger partial charge is 0.408 e. The zero-order chi connectivity index (χ0) is 23.0. The van der Waals surface area contributed by atoms with Gasteiger partial charge in [0.05, 0.1) is 19.1 Å². The van der Waals surface area contributed by atoms with Crippen LogP contribution in [0, 0.1) is 0 Å². The minimum Gasteiger partial charge on any atom is -0.480 e. The molecule has 0 aliphatic carbocycles. The summed E-state index contributed by atoms with van der Waals surface area (Å²) in [6.07, 6.45) is -0.261. The number of amides is 2. The molecule has 0 unspecified atom stereocenters. The number of aliphatic carboxylic acids is 1. The molecule has 1 aromatic rings. The number of ether oxygens (including phenoxy) is 2. The monoisotopic (exact) mass is 435 g/mol. The van der Waals surface area contributed by atoms with E-state index < -0.39 is 17.7 Å². The highest BCUT2D eigenvalue weighted by atomic mass is 16.6. The maximum absolute atomic E-state index is 12.2. The Labute approximate surface area is 183 Å². The minimum absolute atomic E-state index is 0.0255. The second kappa shape index (κ2) is 11.0. The molecule has 2 N–H and O–H groups in total. The van der Waals surface area contributed by atoms with Crippen molar-refractivity contribution in [2.75, 3.05) is 44.3 Å². The van der Waals surface area contributed by atoms with Crippen LogP contribution in [0.2, 0.25) is 0 Å². The number of benzene rings is 1. The summed E-state index contributed by atoms with van der Waals surface area (Å²) in [5, 5.41) is 11.4. The van der Waals surface area contributed by atoms with E-state index in [2.05, 4.69) is 10.2 Å². The van der Waals surface area contributed by atoms with Crippen molar-refractivity contribution in [2.24, 2.45) is 0 Å². The molecule has 1 aliphatic heterocycles. The number of carboxylic acid groups (broad SMARTS) is 1. The Kier molecular flexibility index (Phi) is 8.67. The van der Waals surface area contributed by atoms with Gasteiger partial charge in [-0.2, -0.15) is 0 Å². The Morgan fingerprint density at radius 3 is 2.26 bits per heavy atom. The van der Waals surface area contributed by atoms with Crippen LogP contribution in [0.1, 0.15) is 45.7 Å². The van der Waals surface area contributed by atoms with Crippen molar-refractivity contribution in [1.29, 1.82) is 0 Å². The highest BCUT2D eigenvalue weighted by Crippen LogP contribution is 2.21. The Morgan fingerprint density at radius 1 is 1.10 bits per heavy atom. The Bertz CT molecular complexity index is 752. The first kappa shape index (κ1) is 24.5. The summed E-state index contributed by atoms with van der Waals surface area (Å²) in [4.78, 5) is 38.6. The lowest BCUT2D eigenvalue weighted by Gasteiger charge is -2.36. The number of carbonyl (C=O) groups excluding carboxylic acids is 2. The maximum atomic E-state index is 12.2. The van der Waals surface area contributed by atoms with Gasteiger partial charge in [0.15, 0.2) is 0 Å². The molecule has 172 valence electrons. The highest BCUT2D eigenvalue weighted by molar-refractivity contribution is 5.76. The second-order valence-electron chi connectivity index (χ2n) is 8.52. The molecule has 0 spiro atoms. The molecule has 0 bridgehead atoms. The van der Waals surface area contributed by atoms with Gasteiger partial charge >= 0.3 is 12.1 Å². The molecule has 0 aromatic heterocycles. The summed E-state index contributed by atoms with van der Waals surface area (Å²) in [6.45, 7) is 9.76. The molecule has 1 heterocycles. The van der Waals surface area contributed by atoms with Crippen LogP contribution < -0.4 is 10.2 Å². The van der Waals surface area contributed by atoms with Crippen molar-refractivity contribution in [2.45, 2.75) is 45.8 Å². The number of hydrogen-bond donors (Lipinski definition) is 2. The standard InChI is InChI=1S/C22H33N3O6/c1-16(23-21(29)31-22(2,3)4)17-5-7-18(8-6-17)24-10-12-25(13-11-24)19(26)9-14-30-15-20(27)28/h5-8,16H,9-15H2,1-4H3,(H,23,29)(H,27,28)/t16-/m0/s1. The summed E-state index contributed by atoms with van der Waals surface area (Å²) >= 11 is 0. The van der Waals surface area contributed by atoms with Gasteiger partial charge in [0.25, 0.3) is 0 Å². The van der Waals surface area contributed by atoms with Crippen LogP contribution in [0.4, 0.5) is 10.5 Å². The predicted octanol–water partition coefficient (Wildman–Crippen LogP) is 2.41. The predicted molar refractivity (Wildman–Crippen MR) is 116 cm³/mol. The Balaban J connectivity index is 1.79. The van der Waals surface area contributed by atoms with Gasteiger partial charge < -0.3 is 29.7 Å². The highest BCUT2D eigenvalue weighted by Gasteiger charge is 2.22. The average Bonchev–Trinajstić information content (AvgIpc) is 2.69. The van der Waals surface area contributed by atoms with Gasteiger partial charge in [0.1, 0.15) is 12.2 Å². The van der Waals surface area contributed by atoms with Gasteiger partial charge in [-0.3, -0.25) is 4.79 Å². The molecule has 31 heavy (non-hydrogen) atoms. The maximum Gasteiger partial charge on any atom is 0.408 e. The third-order valence-electron chi connectivity index (χ3n) is 4.81. The van der Waals surface area contributed by atoms with E-state index in [4.69, 9.17) is 14.6 Å². The average molecular weight is 436 g/mol. The summed E-state index contributed by atoms with van der Waals surface area (Å²) in [5.74, 6) is -1.07. The van der Waals surface area contributed by atoms with Crippen molar-refractivity contribution >= 4 is 23.7 Å². The molecule has 1 atom stereocenters. The third kappa shape index (κ3) is 8.45. The number of carboxylic acids is 1. The van der Waals surface area contributed by atoms with E-state index in [-0.39, 0.29) is 31.6 Å². The van der Waals surface area contributed by atoms with Gasteiger partial charge in [0, 0.05) is 31.9 Å². The van der Waals surface area contributed by atoms with Crippen molar-refractivity contribution in [1.82, 2.24) is 10.2 Å². The number of anilines is 1. The molecule has 2 rings (SSSR count).